The summed E-state index contributed by atoms with van der Waals surface area (Å²) in [4.78, 5) is 23.6. The molecule has 18 heavy (non-hydrogen) atoms. The molecule has 0 aromatic rings. The minimum absolute atomic E-state index is 0.0149. The fourth-order valence-corrected chi connectivity index (χ4v) is 1.78. The zero-order valence-electron chi connectivity index (χ0n) is 12.0. The number of hydrogen-bond donors (Lipinski definition) is 2. The normalized spacial score (nSPS) is 14.4. The van der Waals surface area contributed by atoms with Crippen molar-refractivity contribution >= 4 is 11.9 Å². The van der Waals surface area contributed by atoms with E-state index in [0.717, 1.165) is 0 Å². The number of esters is 1. The minimum atomic E-state index is -0.608. The summed E-state index contributed by atoms with van der Waals surface area (Å²) in [5, 5.41) is 2.73. The van der Waals surface area contributed by atoms with E-state index in [0.29, 0.717) is 12.3 Å². The first-order valence-electron chi connectivity index (χ1n) is 6.41. The van der Waals surface area contributed by atoms with Gasteiger partial charge in [-0.15, -0.1) is 0 Å². The van der Waals surface area contributed by atoms with Crippen molar-refractivity contribution in [2.24, 2.45) is 23.5 Å². The SMILES string of the molecule is COC(=O)[C@@H](NC(=O)C(CN)CC(C)C)C(C)C. The standard InChI is InChI=1S/C13H26N2O3/c1-8(2)6-10(7-14)12(16)15-11(9(3)4)13(17)18-5/h8-11H,6-7,14H2,1-5H3,(H,15,16)/t10?,11-/m0/s1. The van der Waals surface area contributed by atoms with Gasteiger partial charge in [0.2, 0.25) is 5.91 Å². The highest BCUT2D eigenvalue weighted by molar-refractivity contribution is 5.86. The Morgan fingerprint density at radius 3 is 2.11 bits per heavy atom. The number of nitrogens with one attached hydrogen (secondary N) is 1. The predicted molar refractivity (Wildman–Crippen MR) is 70.8 cm³/mol. The maximum atomic E-state index is 12.0. The average molecular weight is 258 g/mol. The summed E-state index contributed by atoms with van der Waals surface area (Å²) in [6.07, 6.45) is 0.717. The molecule has 1 amide bonds. The van der Waals surface area contributed by atoms with Crippen LogP contribution in [0.5, 0.6) is 0 Å². The van der Waals surface area contributed by atoms with Crippen LogP contribution in [-0.2, 0) is 14.3 Å². The van der Waals surface area contributed by atoms with Gasteiger partial charge >= 0.3 is 5.97 Å². The highest BCUT2D eigenvalue weighted by atomic mass is 16.5. The number of ether oxygens (including phenoxy) is 1. The van der Waals surface area contributed by atoms with Crippen molar-refractivity contribution in [1.29, 1.82) is 0 Å². The maximum Gasteiger partial charge on any atom is 0.328 e. The first kappa shape index (κ1) is 16.9. The van der Waals surface area contributed by atoms with E-state index in [4.69, 9.17) is 5.73 Å². The fraction of sp³-hybridized carbons (Fsp3) is 0.846. The van der Waals surface area contributed by atoms with Gasteiger partial charge in [-0.1, -0.05) is 27.7 Å². The molecular formula is C13H26N2O3. The second-order valence-corrected chi connectivity index (χ2v) is 5.32. The first-order chi connectivity index (χ1) is 8.33. The summed E-state index contributed by atoms with van der Waals surface area (Å²) in [5.74, 6) is -0.469. The highest BCUT2D eigenvalue weighted by Crippen LogP contribution is 2.12. The molecule has 0 heterocycles. The van der Waals surface area contributed by atoms with E-state index in [1.54, 1.807) is 0 Å². The molecule has 0 aromatic carbocycles. The lowest BCUT2D eigenvalue weighted by Gasteiger charge is -2.23. The Hall–Kier alpha value is -1.10. The van der Waals surface area contributed by atoms with Crippen molar-refractivity contribution in [1.82, 2.24) is 5.32 Å². The van der Waals surface area contributed by atoms with Crippen molar-refractivity contribution in [2.75, 3.05) is 13.7 Å². The van der Waals surface area contributed by atoms with Crippen LogP contribution < -0.4 is 11.1 Å². The summed E-state index contributed by atoms with van der Waals surface area (Å²) < 4.78 is 4.68. The first-order valence-corrected chi connectivity index (χ1v) is 6.41. The number of hydrogen-bond acceptors (Lipinski definition) is 4. The van der Waals surface area contributed by atoms with Crippen LogP contribution in [-0.4, -0.2) is 31.6 Å². The number of rotatable bonds is 7. The number of amides is 1. The lowest BCUT2D eigenvalue weighted by atomic mass is 9.95. The molecule has 0 saturated heterocycles. The second-order valence-electron chi connectivity index (χ2n) is 5.32. The lowest BCUT2D eigenvalue weighted by molar-refractivity contribution is -0.147. The third kappa shape index (κ3) is 5.49. The quantitative estimate of drug-likeness (QED) is 0.665. The molecule has 0 bridgehead atoms. The molecule has 2 atom stereocenters. The van der Waals surface area contributed by atoms with Crippen LogP contribution >= 0.6 is 0 Å². The summed E-state index contributed by atoms with van der Waals surface area (Å²) in [7, 11) is 1.32. The van der Waals surface area contributed by atoms with Crippen molar-refractivity contribution < 1.29 is 14.3 Å². The van der Waals surface area contributed by atoms with Gasteiger partial charge < -0.3 is 15.8 Å². The van der Waals surface area contributed by atoms with Gasteiger partial charge in [-0.3, -0.25) is 4.79 Å². The van der Waals surface area contributed by atoms with Gasteiger partial charge in [0.25, 0.3) is 0 Å². The van der Waals surface area contributed by atoms with E-state index in [9.17, 15) is 9.59 Å². The van der Waals surface area contributed by atoms with Gasteiger partial charge in [0.15, 0.2) is 0 Å². The molecule has 0 fully saturated rings. The van der Waals surface area contributed by atoms with Crippen LogP contribution in [0.4, 0.5) is 0 Å². The minimum Gasteiger partial charge on any atom is -0.467 e. The van der Waals surface area contributed by atoms with Gasteiger partial charge in [-0.05, 0) is 18.3 Å². The van der Waals surface area contributed by atoms with Crippen LogP contribution in [0.3, 0.4) is 0 Å². The molecule has 0 aliphatic rings. The van der Waals surface area contributed by atoms with Crippen molar-refractivity contribution in [3.63, 3.8) is 0 Å². The van der Waals surface area contributed by atoms with E-state index in [-0.39, 0.29) is 24.3 Å². The molecule has 0 rings (SSSR count). The summed E-state index contributed by atoms with van der Waals surface area (Å²) in [5.41, 5.74) is 5.61. The maximum absolute atomic E-state index is 12.0. The molecule has 0 radical (unpaired) electrons. The number of methoxy groups -OCH3 is 1. The van der Waals surface area contributed by atoms with Crippen molar-refractivity contribution in [3.8, 4) is 0 Å². The Kier molecular flexibility index (Phi) is 7.59. The number of nitrogens with two attached hydrogens (primary N) is 1. The smallest absolute Gasteiger partial charge is 0.328 e. The zero-order chi connectivity index (χ0) is 14.3. The van der Waals surface area contributed by atoms with Gasteiger partial charge in [-0.2, -0.15) is 0 Å². The Bertz CT molecular complexity index is 277. The predicted octanol–water partition coefficient (Wildman–Crippen LogP) is 0.921. The van der Waals surface area contributed by atoms with Crippen LogP contribution in [0.15, 0.2) is 0 Å². The second kappa shape index (κ2) is 8.08. The molecule has 0 aliphatic heterocycles. The van der Waals surface area contributed by atoms with E-state index in [1.165, 1.54) is 7.11 Å². The lowest BCUT2D eigenvalue weighted by Crippen LogP contribution is -2.48. The van der Waals surface area contributed by atoms with Crippen LogP contribution in [0.25, 0.3) is 0 Å². The van der Waals surface area contributed by atoms with Gasteiger partial charge in [0.05, 0.1) is 13.0 Å². The number of carbonyl (C=O) groups excluding carboxylic acids is 2. The molecule has 5 nitrogen and oxygen atoms in total. The Morgan fingerprint density at radius 2 is 1.78 bits per heavy atom. The fourth-order valence-electron chi connectivity index (χ4n) is 1.78. The molecule has 3 N–H and O–H groups in total. The zero-order valence-corrected chi connectivity index (χ0v) is 12.0. The van der Waals surface area contributed by atoms with Crippen molar-refractivity contribution in [2.45, 2.75) is 40.2 Å². The third-order valence-electron chi connectivity index (χ3n) is 2.83. The van der Waals surface area contributed by atoms with E-state index >= 15 is 0 Å². The van der Waals surface area contributed by atoms with E-state index < -0.39 is 12.0 Å². The van der Waals surface area contributed by atoms with Gasteiger partial charge in [-0.25, -0.2) is 4.79 Å². The topological polar surface area (TPSA) is 81.4 Å². The Balaban J connectivity index is 4.61. The molecule has 0 aromatic heterocycles. The monoisotopic (exact) mass is 258 g/mol. The Labute approximate surface area is 109 Å². The summed E-state index contributed by atoms with van der Waals surface area (Å²) in [6.45, 7) is 8.09. The van der Waals surface area contributed by atoms with E-state index in [2.05, 4.69) is 10.1 Å². The molecule has 0 aliphatic carbocycles. The van der Waals surface area contributed by atoms with Crippen LogP contribution in [0.1, 0.15) is 34.1 Å². The van der Waals surface area contributed by atoms with E-state index in [1.807, 2.05) is 27.7 Å². The highest BCUT2D eigenvalue weighted by Gasteiger charge is 2.28. The van der Waals surface area contributed by atoms with Crippen molar-refractivity contribution in [3.05, 3.63) is 0 Å². The molecule has 0 saturated carbocycles. The summed E-state index contributed by atoms with van der Waals surface area (Å²) in [6, 6.07) is -0.608. The molecule has 0 spiro atoms. The average Bonchev–Trinajstić information content (AvgIpc) is 2.30. The third-order valence-corrected chi connectivity index (χ3v) is 2.83. The molecule has 1 unspecified atom stereocenters. The molecule has 106 valence electrons. The molecule has 5 heteroatoms. The van der Waals surface area contributed by atoms with Crippen LogP contribution in [0.2, 0.25) is 0 Å². The van der Waals surface area contributed by atoms with Gasteiger partial charge in [0.1, 0.15) is 6.04 Å². The van der Waals surface area contributed by atoms with Crippen LogP contribution in [0, 0.1) is 17.8 Å². The van der Waals surface area contributed by atoms with Gasteiger partial charge in [0, 0.05) is 6.54 Å². The Morgan fingerprint density at radius 1 is 1.22 bits per heavy atom. The molecular weight excluding hydrogens is 232 g/mol. The largest absolute Gasteiger partial charge is 0.467 e. The summed E-state index contributed by atoms with van der Waals surface area (Å²) >= 11 is 0. The number of carbonyl (C=O) groups is 2.